The van der Waals surface area contributed by atoms with Crippen LogP contribution in [-0.4, -0.2) is 18.5 Å². The van der Waals surface area contributed by atoms with Crippen LogP contribution in [0.4, 0.5) is 5.69 Å². The summed E-state index contributed by atoms with van der Waals surface area (Å²) in [4.78, 5) is 11.6. The van der Waals surface area contributed by atoms with Gasteiger partial charge in [0.1, 0.15) is 0 Å². The minimum Gasteiger partial charge on any atom is -0.324 e. The average Bonchev–Trinajstić information content (AvgIpc) is 2.33. The number of rotatable bonds is 5. The van der Waals surface area contributed by atoms with Gasteiger partial charge in [0.05, 0.1) is 23.3 Å². The zero-order valence-electron chi connectivity index (χ0n) is 9.66. The number of anilines is 1. The molecule has 2 N–H and O–H groups in total. The molecule has 0 saturated heterocycles. The maximum atomic E-state index is 11.6. The summed E-state index contributed by atoms with van der Waals surface area (Å²) in [5.74, 6) is 2.40. The van der Waals surface area contributed by atoms with Gasteiger partial charge in [0, 0.05) is 0 Å². The molecule has 0 saturated carbocycles. The van der Waals surface area contributed by atoms with E-state index >= 15 is 0 Å². The van der Waals surface area contributed by atoms with E-state index in [2.05, 4.69) is 16.6 Å². The molecule has 0 bridgehead atoms. The van der Waals surface area contributed by atoms with Crippen molar-refractivity contribution in [2.45, 2.75) is 19.4 Å². The van der Waals surface area contributed by atoms with Crippen molar-refractivity contribution in [3.63, 3.8) is 0 Å². The molecule has 0 aliphatic carbocycles. The molecule has 1 amide bonds. The van der Waals surface area contributed by atoms with Crippen LogP contribution in [0.25, 0.3) is 0 Å². The number of benzene rings is 1. The van der Waals surface area contributed by atoms with E-state index in [0.29, 0.717) is 10.7 Å². The first-order valence-electron chi connectivity index (χ1n) is 5.41. The fourth-order valence-electron chi connectivity index (χ4n) is 1.29. The van der Waals surface area contributed by atoms with Crippen molar-refractivity contribution < 1.29 is 4.79 Å². The summed E-state index contributed by atoms with van der Waals surface area (Å²) in [7, 11) is 0. The molecule has 0 radical (unpaired) electrons. The fourth-order valence-corrected chi connectivity index (χ4v) is 1.48. The second-order valence-electron chi connectivity index (χ2n) is 3.54. The molecule has 0 heterocycles. The number of halogens is 1. The van der Waals surface area contributed by atoms with Crippen molar-refractivity contribution in [3.05, 3.63) is 29.3 Å². The third kappa shape index (κ3) is 4.48. The molecule has 17 heavy (non-hydrogen) atoms. The normalized spacial score (nSPS) is 11.6. The van der Waals surface area contributed by atoms with Gasteiger partial charge in [-0.2, -0.15) is 0 Å². The Morgan fingerprint density at radius 3 is 2.82 bits per heavy atom. The maximum Gasteiger partial charge on any atom is 0.238 e. The van der Waals surface area contributed by atoms with Gasteiger partial charge in [-0.3, -0.25) is 10.1 Å². The van der Waals surface area contributed by atoms with E-state index < -0.39 is 0 Å². The Balaban J connectivity index is 2.46. The summed E-state index contributed by atoms with van der Waals surface area (Å²) in [6, 6.07) is 7.01. The van der Waals surface area contributed by atoms with Gasteiger partial charge in [-0.1, -0.05) is 36.6 Å². The fraction of sp³-hybridized carbons (Fsp3) is 0.308. The topological polar surface area (TPSA) is 41.1 Å². The maximum absolute atomic E-state index is 11.6. The Hall–Kier alpha value is -1.50. The minimum atomic E-state index is -0.160. The molecule has 1 unspecified atom stereocenters. The predicted octanol–water partition coefficient (Wildman–Crippen LogP) is 2.28. The van der Waals surface area contributed by atoms with Crippen molar-refractivity contribution in [2.75, 3.05) is 11.9 Å². The first-order chi connectivity index (χ1) is 8.17. The molecule has 3 nitrogen and oxygen atoms in total. The van der Waals surface area contributed by atoms with Gasteiger partial charge in [0.15, 0.2) is 0 Å². The van der Waals surface area contributed by atoms with Crippen molar-refractivity contribution in [2.24, 2.45) is 0 Å². The lowest BCUT2D eigenvalue weighted by Crippen LogP contribution is -2.34. The smallest absolute Gasteiger partial charge is 0.238 e. The van der Waals surface area contributed by atoms with E-state index in [1.807, 2.05) is 19.1 Å². The van der Waals surface area contributed by atoms with Gasteiger partial charge in [0.2, 0.25) is 5.91 Å². The molecule has 90 valence electrons. The summed E-state index contributed by atoms with van der Waals surface area (Å²) in [6.07, 6.45) is 6.07. The standard InChI is InChI=1S/C13H15ClN2O/c1-3-10(4-2)15-9-13(17)16-12-8-6-5-7-11(12)14/h1,5-8,10,15H,4,9H2,2H3,(H,16,17). The third-order valence-corrected chi connectivity index (χ3v) is 2.60. The summed E-state index contributed by atoms with van der Waals surface area (Å²) < 4.78 is 0. The molecular formula is C13H15ClN2O. The predicted molar refractivity (Wildman–Crippen MR) is 71.0 cm³/mol. The number of nitrogens with one attached hydrogen (secondary N) is 2. The van der Waals surface area contributed by atoms with Crippen molar-refractivity contribution in [1.29, 1.82) is 0 Å². The largest absolute Gasteiger partial charge is 0.324 e. The van der Waals surface area contributed by atoms with Gasteiger partial charge < -0.3 is 5.32 Å². The highest BCUT2D eigenvalue weighted by atomic mass is 35.5. The minimum absolute atomic E-state index is 0.0769. The van der Waals surface area contributed by atoms with Gasteiger partial charge in [-0.15, -0.1) is 6.42 Å². The average molecular weight is 251 g/mol. The molecule has 0 fully saturated rings. The highest BCUT2D eigenvalue weighted by Crippen LogP contribution is 2.19. The highest BCUT2D eigenvalue weighted by Gasteiger charge is 2.07. The third-order valence-electron chi connectivity index (χ3n) is 2.27. The van der Waals surface area contributed by atoms with Gasteiger partial charge in [-0.05, 0) is 18.6 Å². The Morgan fingerprint density at radius 2 is 2.24 bits per heavy atom. The van der Waals surface area contributed by atoms with Crippen LogP contribution in [0, 0.1) is 12.3 Å². The SMILES string of the molecule is C#CC(CC)NCC(=O)Nc1ccccc1Cl. The lowest BCUT2D eigenvalue weighted by molar-refractivity contribution is -0.115. The summed E-state index contributed by atoms with van der Waals surface area (Å²) in [6.45, 7) is 2.14. The van der Waals surface area contributed by atoms with Crippen LogP contribution in [0.2, 0.25) is 5.02 Å². The molecule has 4 heteroatoms. The van der Waals surface area contributed by atoms with E-state index in [-0.39, 0.29) is 18.5 Å². The molecular weight excluding hydrogens is 236 g/mol. The molecule has 0 spiro atoms. The van der Waals surface area contributed by atoms with Crippen LogP contribution in [0.1, 0.15) is 13.3 Å². The molecule has 1 atom stereocenters. The highest BCUT2D eigenvalue weighted by molar-refractivity contribution is 6.33. The number of terminal acetylenes is 1. The van der Waals surface area contributed by atoms with E-state index in [9.17, 15) is 4.79 Å². The number of hydrogen-bond acceptors (Lipinski definition) is 2. The van der Waals surface area contributed by atoms with Crippen molar-refractivity contribution in [3.8, 4) is 12.3 Å². The molecule has 1 rings (SSSR count). The first kappa shape index (κ1) is 13.6. The van der Waals surface area contributed by atoms with E-state index in [4.69, 9.17) is 18.0 Å². The van der Waals surface area contributed by atoms with Gasteiger partial charge >= 0.3 is 0 Å². The zero-order valence-corrected chi connectivity index (χ0v) is 10.4. The van der Waals surface area contributed by atoms with Crippen LogP contribution in [0.15, 0.2) is 24.3 Å². The summed E-state index contributed by atoms with van der Waals surface area (Å²) >= 11 is 5.92. The number of hydrogen-bond donors (Lipinski definition) is 2. The monoisotopic (exact) mass is 250 g/mol. The lowest BCUT2D eigenvalue weighted by atomic mass is 10.2. The van der Waals surface area contributed by atoms with Crippen LogP contribution < -0.4 is 10.6 Å². The molecule has 1 aromatic rings. The molecule has 1 aromatic carbocycles. The van der Waals surface area contributed by atoms with Crippen molar-refractivity contribution >= 4 is 23.2 Å². The van der Waals surface area contributed by atoms with Crippen LogP contribution in [0.5, 0.6) is 0 Å². The Bertz CT molecular complexity index is 426. The number of amides is 1. The van der Waals surface area contributed by atoms with E-state index in [1.54, 1.807) is 12.1 Å². The molecule has 0 aliphatic rings. The van der Waals surface area contributed by atoms with E-state index in [0.717, 1.165) is 6.42 Å². The molecule has 0 aliphatic heterocycles. The van der Waals surface area contributed by atoms with Crippen LogP contribution >= 0.6 is 11.6 Å². The van der Waals surface area contributed by atoms with Gasteiger partial charge in [-0.25, -0.2) is 0 Å². The van der Waals surface area contributed by atoms with Crippen LogP contribution in [-0.2, 0) is 4.79 Å². The number of carbonyl (C=O) groups excluding carboxylic acids is 1. The molecule has 0 aromatic heterocycles. The second kappa shape index (κ2) is 6.95. The van der Waals surface area contributed by atoms with Crippen LogP contribution in [0.3, 0.4) is 0 Å². The first-order valence-corrected chi connectivity index (χ1v) is 5.79. The van der Waals surface area contributed by atoms with Crippen molar-refractivity contribution in [1.82, 2.24) is 5.32 Å². The summed E-state index contributed by atoms with van der Waals surface area (Å²) in [5, 5.41) is 6.20. The number of carbonyl (C=O) groups is 1. The Kier molecular flexibility index (Phi) is 5.55. The lowest BCUT2D eigenvalue weighted by Gasteiger charge is -2.11. The quantitative estimate of drug-likeness (QED) is 0.788. The number of para-hydroxylation sites is 1. The zero-order chi connectivity index (χ0) is 12.7. The summed E-state index contributed by atoms with van der Waals surface area (Å²) in [5.41, 5.74) is 0.606. The van der Waals surface area contributed by atoms with Gasteiger partial charge in [0.25, 0.3) is 0 Å². The Morgan fingerprint density at radius 1 is 1.53 bits per heavy atom. The second-order valence-corrected chi connectivity index (χ2v) is 3.94. The van der Waals surface area contributed by atoms with E-state index in [1.165, 1.54) is 0 Å². The Labute approximate surface area is 107 Å².